The van der Waals surface area contributed by atoms with Crippen LogP contribution in [0, 0.1) is 5.92 Å². The predicted octanol–water partition coefficient (Wildman–Crippen LogP) is 3.65. The molecule has 0 N–H and O–H groups in total. The van der Waals surface area contributed by atoms with Crippen molar-refractivity contribution in [3.8, 4) is 5.75 Å². The van der Waals surface area contributed by atoms with E-state index in [4.69, 9.17) is 4.74 Å². The number of hydrogen-bond acceptors (Lipinski definition) is 3. The Balaban J connectivity index is 1.51. The van der Waals surface area contributed by atoms with Gasteiger partial charge in [-0.2, -0.15) is 18.3 Å². The van der Waals surface area contributed by atoms with Crippen molar-refractivity contribution in [2.75, 3.05) is 6.54 Å². The van der Waals surface area contributed by atoms with Crippen LogP contribution in [0.1, 0.15) is 35.4 Å². The number of hydrogen-bond donors (Lipinski definition) is 0. The molecule has 2 aromatic rings. The van der Waals surface area contributed by atoms with Crippen LogP contribution in [0.2, 0.25) is 0 Å². The minimum Gasteiger partial charge on any atom is -0.487 e. The molecule has 0 bridgehead atoms. The summed E-state index contributed by atoms with van der Waals surface area (Å²) in [6.07, 6.45) is -2.59. The first-order valence-corrected chi connectivity index (χ1v) is 9.06. The Labute approximate surface area is 154 Å². The van der Waals surface area contributed by atoms with Gasteiger partial charge in [-0.1, -0.05) is 24.6 Å². The van der Waals surface area contributed by atoms with Crippen molar-refractivity contribution < 1.29 is 22.7 Å². The fourth-order valence-corrected chi connectivity index (χ4v) is 3.73. The molecule has 0 spiro atoms. The summed E-state index contributed by atoms with van der Waals surface area (Å²) in [5, 5.41) is 4.31. The standard InChI is InChI=1S/C19H20F3N3O2/c20-19(21,22)17(13-5-4-6-13)24-9-10-25-16(18(24)26)11-14(23-25)12-27-15-7-2-1-3-8-15/h1-3,7-8,11,13,17H,4-6,9-10,12H2/t17-/m1/s1. The third-order valence-electron chi connectivity index (χ3n) is 5.26. The molecule has 4 rings (SSSR count). The van der Waals surface area contributed by atoms with E-state index in [1.54, 1.807) is 12.1 Å². The van der Waals surface area contributed by atoms with Crippen molar-refractivity contribution in [2.45, 2.75) is 44.6 Å². The maximum absolute atomic E-state index is 13.6. The molecule has 27 heavy (non-hydrogen) atoms. The van der Waals surface area contributed by atoms with Gasteiger partial charge in [0.2, 0.25) is 0 Å². The lowest BCUT2D eigenvalue weighted by atomic mass is 9.78. The van der Waals surface area contributed by atoms with E-state index in [1.807, 2.05) is 18.2 Å². The van der Waals surface area contributed by atoms with Gasteiger partial charge in [0.25, 0.3) is 5.91 Å². The number of ether oxygens (including phenoxy) is 1. The molecule has 144 valence electrons. The molecule has 1 amide bonds. The highest BCUT2D eigenvalue weighted by atomic mass is 19.4. The van der Waals surface area contributed by atoms with E-state index < -0.39 is 24.0 Å². The van der Waals surface area contributed by atoms with Crippen LogP contribution in [0.5, 0.6) is 5.75 Å². The van der Waals surface area contributed by atoms with Crippen LogP contribution in [0.15, 0.2) is 36.4 Å². The average molecular weight is 379 g/mol. The fraction of sp³-hybridized carbons (Fsp3) is 0.474. The summed E-state index contributed by atoms with van der Waals surface area (Å²) in [5.74, 6) is -0.434. The van der Waals surface area contributed by atoms with Crippen molar-refractivity contribution in [1.82, 2.24) is 14.7 Å². The second-order valence-electron chi connectivity index (χ2n) is 7.02. The van der Waals surface area contributed by atoms with Crippen molar-refractivity contribution in [3.05, 3.63) is 47.8 Å². The van der Waals surface area contributed by atoms with Gasteiger partial charge in [-0.3, -0.25) is 9.48 Å². The van der Waals surface area contributed by atoms with Crippen LogP contribution in [0.3, 0.4) is 0 Å². The summed E-state index contributed by atoms with van der Waals surface area (Å²) in [7, 11) is 0. The Morgan fingerprint density at radius 2 is 1.93 bits per heavy atom. The molecule has 1 aromatic heterocycles. The highest BCUT2D eigenvalue weighted by Gasteiger charge is 2.52. The van der Waals surface area contributed by atoms with Crippen molar-refractivity contribution in [1.29, 1.82) is 0 Å². The highest BCUT2D eigenvalue weighted by molar-refractivity contribution is 5.93. The Morgan fingerprint density at radius 1 is 1.19 bits per heavy atom. The van der Waals surface area contributed by atoms with Gasteiger partial charge in [0, 0.05) is 6.54 Å². The number of amides is 1. The fourth-order valence-electron chi connectivity index (χ4n) is 3.73. The number of para-hydroxylation sites is 1. The molecular formula is C19H20F3N3O2. The molecular weight excluding hydrogens is 359 g/mol. The molecule has 1 aromatic carbocycles. The van der Waals surface area contributed by atoms with Gasteiger partial charge >= 0.3 is 6.18 Å². The first-order valence-electron chi connectivity index (χ1n) is 9.06. The van der Waals surface area contributed by atoms with Crippen LogP contribution in [0.4, 0.5) is 13.2 Å². The molecule has 2 aliphatic rings. The van der Waals surface area contributed by atoms with Crippen LogP contribution in [0.25, 0.3) is 0 Å². The third-order valence-corrected chi connectivity index (χ3v) is 5.26. The molecule has 1 fully saturated rings. The van der Waals surface area contributed by atoms with E-state index >= 15 is 0 Å². The van der Waals surface area contributed by atoms with Crippen molar-refractivity contribution in [3.63, 3.8) is 0 Å². The van der Waals surface area contributed by atoms with E-state index in [0.29, 0.717) is 24.3 Å². The number of alkyl halides is 3. The topological polar surface area (TPSA) is 47.4 Å². The molecule has 0 unspecified atom stereocenters. The molecule has 1 saturated carbocycles. The molecule has 0 radical (unpaired) electrons. The van der Waals surface area contributed by atoms with Gasteiger partial charge in [-0.15, -0.1) is 0 Å². The normalized spacial score (nSPS) is 18.8. The zero-order chi connectivity index (χ0) is 19.0. The Morgan fingerprint density at radius 3 is 2.56 bits per heavy atom. The average Bonchev–Trinajstić information content (AvgIpc) is 3.01. The number of halogens is 3. The van der Waals surface area contributed by atoms with E-state index in [-0.39, 0.29) is 25.4 Å². The minimum atomic E-state index is -4.41. The van der Waals surface area contributed by atoms with Crippen molar-refractivity contribution >= 4 is 5.91 Å². The number of nitrogens with zero attached hydrogens (tertiary/aromatic N) is 3. The molecule has 8 heteroatoms. The Kier molecular flexibility index (Phi) is 4.57. The molecule has 1 aliphatic carbocycles. The molecule has 2 heterocycles. The van der Waals surface area contributed by atoms with Crippen LogP contribution in [-0.2, 0) is 13.2 Å². The maximum Gasteiger partial charge on any atom is 0.409 e. The SMILES string of the molecule is O=C1c2cc(COc3ccccc3)nn2CCN1[C@H](C1CCC1)C(F)(F)F. The van der Waals surface area contributed by atoms with Crippen LogP contribution < -0.4 is 4.74 Å². The second kappa shape index (κ2) is 6.90. The maximum atomic E-state index is 13.6. The summed E-state index contributed by atoms with van der Waals surface area (Å²) < 4.78 is 47.9. The first kappa shape index (κ1) is 17.9. The van der Waals surface area contributed by atoms with E-state index in [0.717, 1.165) is 11.3 Å². The number of fused-ring (bicyclic) bond motifs is 1. The number of carbonyl (C=O) groups is 1. The van der Waals surface area contributed by atoms with E-state index in [2.05, 4.69) is 5.10 Å². The lowest BCUT2D eigenvalue weighted by Crippen LogP contribution is -2.57. The summed E-state index contributed by atoms with van der Waals surface area (Å²) >= 11 is 0. The molecule has 1 aliphatic heterocycles. The number of aromatic nitrogens is 2. The number of rotatable bonds is 5. The largest absolute Gasteiger partial charge is 0.487 e. The third kappa shape index (κ3) is 3.52. The minimum absolute atomic E-state index is 0.0210. The predicted molar refractivity (Wildman–Crippen MR) is 91.2 cm³/mol. The summed E-state index contributed by atoms with van der Waals surface area (Å²) in [5.41, 5.74) is 0.720. The Hall–Kier alpha value is -2.51. The summed E-state index contributed by atoms with van der Waals surface area (Å²) in [6, 6.07) is 8.98. The van der Waals surface area contributed by atoms with Crippen LogP contribution in [-0.4, -0.2) is 39.4 Å². The number of carbonyl (C=O) groups excluding carboxylic acids is 1. The van der Waals surface area contributed by atoms with Gasteiger partial charge in [0.05, 0.1) is 6.54 Å². The van der Waals surface area contributed by atoms with Crippen LogP contribution >= 0.6 is 0 Å². The van der Waals surface area contributed by atoms with Gasteiger partial charge in [-0.25, -0.2) is 0 Å². The smallest absolute Gasteiger partial charge is 0.409 e. The zero-order valence-electron chi connectivity index (χ0n) is 14.7. The number of benzene rings is 1. The summed E-state index contributed by atoms with van der Waals surface area (Å²) in [4.78, 5) is 13.7. The Bertz CT molecular complexity index is 815. The lowest BCUT2D eigenvalue weighted by molar-refractivity contribution is -0.198. The van der Waals surface area contributed by atoms with E-state index in [9.17, 15) is 18.0 Å². The quantitative estimate of drug-likeness (QED) is 0.797. The first-order chi connectivity index (χ1) is 12.9. The van der Waals surface area contributed by atoms with Crippen molar-refractivity contribution in [2.24, 2.45) is 5.92 Å². The zero-order valence-corrected chi connectivity index (χ0v) is 14.7. The monoisotopic (exact) mass is 379 g/mol. The van der Waals surface area contributed by atoms with Gasteiger partial charge in [-0.05, 0) is 37.0 Å². The van der Waals surface area contributed by atoms with Gasteiger partial charge in [0.15, 0.2) is 0 Å². The van der Waals surface area contributed by atoms with Gasteiger partial charge in [0.1, 0.15) is 29.8 Å². The highest BCUT2D eigenvalue weighted by Crippen LogP contribution is 2.41. The van der Waals surface area contributed by atoms with E-state index in [1.165, 1.54) is 10.7 Å². The summed E-state index contributed by atoms with van der Waals surface area (Å²) in [6.45, 7) is 0.432. The molecule has 1 atom stereocenters. The van der Waals surface area contributed by atoms with Gasteiger partial charge < -0.3 is 9.64 Å². The molecule has 0 saturated heterocycles. The lowest BCUT2D eigenvalue weighted by Gasteiger charge is -2.43. The molecule has 5 nitrogen and oxygen atoms in total. The second-order valence-corrected chi connectivity index (χ2v) is 7.02.